The van der Waals surface area contributed by atoms with E-state index in [0.29, 0.717) is 48.7 Å². The van der Waals surface area contributed by atoms with Crippen LogP contribution in [0.15, 0.2) is 35.3 Å². The van der Waals surface area contributed by atoms with Gasteiger partial charge in [-0.1, -0.05) is 18.6 Å². The molecule has 1 aliphatic rings. The number of hydrogen-bond donors (Lipinski definition) is 5. The number of benzene rings is 1. The molecule has 0 bridgehead atoms. The number of anilines is 2. The van der Waals surface area contributed by atoms with E-state index in [1.54, 1.807) is 12.1 Å². The zero-order valence-corrected chi connectivity index (χ0v) is 20.5. The van der Waals surface area contributed by atoms with Crippen LogP contribution in [0.25, 0.3) is 11.2 Å². The summed E-state index contributed by atoms with van der Waals surface area (Å²) in [6, 6.07) is 7.18. The maximum absolute atomic E-state index is 12.0. The summed E-state index contributed by atoms with van der Waals surface area (Å²) < 4.78 is 0. The standard InChI is InChI=1S/C24H28N8O6/c25-24-30-21-20(23(37)31-24)29-16(13-28-21)12-27-15-7-5-14(6-8-15)22(36)26-11-3-1-2-4-19(35)38-32-17(33)9-10-18(32)34/h5-8,13,22,26-27,36H,1-4,9-12H2,(H3,25,28,30,31,37). The fourth-order valence-electron chi connectivity index (χ4n) is 3.77. The first-order valence-corrected chi connectivity index (χ1v) is 12.1. The number of H-pyrrole nitrogens is 1. The van der Waals surface area contributed by atoms with E-state index < -0.39 is 29.6 Å². The van der Waals surface area contributed by atoms with E-state index in [9.17, 15) is 24.3 Å². The van der Waals surface area contributed by atoms with Crippen LogP contribution >= 0.6 is 0 Å². The molecule has 6 N–H and O–H groups in total. The van der Waals surface area contributed by atoms with E-state index in [2.05, 4.69) is 30.6 Å². The Morgan fingerprint density at radius 2 is 1.84 bits per heavy atom. The van der Waals surface area contributed by atoms with Crippen LogP contribution in [0, 0.1) is 0 Å². The normalized spacial score (nSPS) is 14.2. The van der Waals surface area contributed by atoms with Gasteiger partial charge >= 0.3 is 5.97 Å². The largest absolute Gasteiger partial charge is 0.379 e. The van der Waals surface area contributed by atoms with Crippen LogP contribution in [-0.4, -0.2) is 54.4 Å². The molecule has 4 rings (SSSR count). The Bertz CT molecular complexity index is 1360. The summed E-state index contributed by atoms with van der Waals surface area (Å²) in [5, 5.41) is 17.1. The number of imide groups is 1. The van der Waals surface area contributed by atoms with Gasteiger partial charge in [-0.15, -0.1) is 5.06 Å². The zero-order chi connectivity index (χ0) is 27.1. The summed E-state index contributed by atoms with van der Waals surface area (Å²) in [7, 11) is 0. The smallest absolute Gasteiger partial charge is 0.333 e. The van der Waals surface area contributed by atoms with Crippen molar-refractivity contribution in [3.05, 3.63) is 52.1 Å². The van der Waals surface area contributed by atoms with Gasteiger partial charge in [0.1, 0.15) is 6.23 Å². The van der Waals surface area contributed by atoms with E-state index in [1.807, 2.05) is 12.1 Å². The van der Waals surface area contributed by atoms with E-state index in [-0.39, 0.29) is 36.4 Å². The number of carbonyl (C=O) groups excluding carboxylic acids is 3. The highest BCUT2D eigenvalue weighted by atomic mass is 16.7. The van der Waals surface area contributed by atoms with Crippen molar-refractivity contribution in [3.8, 4) is 0 Å². The topological polar surface area (TPSA) is 206 Å². The van der Waals surface area contributed by atoms with Crippen molar-refractivity contribution >= 4 is 40.6 Å². The van der Waals surface area contributed by atoms with Gasteiger partial charge in [-0.25, -0.2) is 14.8 Å². The van der Waals surface area contributed by atoms with Gasteiger partial charge in [0, 0.05) is 24.9 Å². The van der Waals surface area contributed by atoms with Crippen LogP contribution < -0.4 is 21.9 Å². The molecule has 38 heavy (non-hydrogen) atoms. The Balaban J connectivity index is 1.14. The molecule has 14 nitrogen and oxygen atoms in total. The monoisotopic (exact) mass is 524 g/mol. The molecule has 2 aromatic heterocycles. The van der Waals surface area contributed by atoms with Crippen LogP contribution in [0.3, 0.4) is 0 Å². The molecule has 1 unspecified atom stereocenters. The number of hydroxylamine groups is 2. The SMILES string of the molecule is Nc1nc2ncc(CNc3ccc(C(O)NCCCCCC(=O)ON4C(=O)CCC4=O)cc3)nc2c(=O)[nH]1. The first kappa shape index (κ1) is 26.6. The lowest BCUT2D eigenvalue weighted by Gasteiger charge is -2.14. The number of carbonyl (C=O) groups is 3. The van der Waals surface area contributed by atoms with Crippen molar-refractivity contribution in [2.45, 2.75) is 51.3 Å². The number of unbranched alkanes of at least 4 members (excludes halogenated alkanes) is 2. The second-order valence-electron chi connectivity index (χ2n) is 8.67. The lowest BCUT2D eigenvalue weighted by atomic mass is 10.1. The molecular formula is C24H28N8O6. The van der Waals surface area contributed by atoms with Gasteiger partial charge in [0.15, 0.2) is 11.2 Å². The number of nitrogens with one attached hydrogen (secondary N) is 3. The van der Waals surface area contributed by atoms with Gasteiger partial charge in [0.05, 0.1) is 18.4 Å². The molecule has 2 amide bonds. The van der Waals surface area contributed by atoms with E-state index >= 15 is 0 Å². The molecule has 200 valence electrons. The average molecular weight is 525 g/mol. The van der Waals surface area contributed by atoms with Gasteiger partial charge < -0.3 is 21.0 Å². The molecule has 14 heteroatoms. The van der Waals surface area contributed by atoms with E-state index in [4.69, 9.17) is 10.6 Å². The Morgan fingerprint density at radius 3 is 2.58 bits per heavy atom. The third-order valence-electron chi connectivity index (χ3n) is 5.78. The maximum atomic E-state index is 12.0. The number of nitrogen functional groups attached to an aromatic ring is 1. The summed E-state index contributed by atoms with van der Waals surface area (Å²) in [4.78, 5) is 66.3. The Kier molecular flexibility index (Phi) is 8.55. The molecule has 1 aliphatic heterocycles. The fraction of sp³-hybridized carbons (Fsp3) is 0.375. The number of nitrogens with zero attached hydrogens (tertiary/aromatic N) is 4. The van der Waals surface area contributed by atoms with Gasteiger partial charge in [0.2, 0.25) is 5.95 Å². The van der Waals surface area contributed by atoms with Crippen LogP contribution in [0.1, 0.15) is 56.0 Å². The van der Waals surface area contributed by atoms with Crippen molar-refractivity contribution in [2.24, 2.45) is 0 Å². The highest BCUT2D eigenvalue weighted by molar-refractivity contribution is 6.01. The molecule has 1 saturated heterocycles. The highest BCUT2D eigenvalue weighted by Crippen LogP contribution is 2.16. The first-order valence-electron chi connectivity index (χ1n) is 12.1. The summed E-state index contributed by atoms with van der Waals surface area (Å²) in [5.41, 5.74) is 7.36. The number of aliphatic hydroxyl groups is 1. The van der Waals surface area contributed by atoms with Crippen LogP contribution in [0.2, 0.25) is 0 Å². The van der Waals surface area contributed by atoms with Crippen LogP contribution in [-0.2, 0) is 25.8 Å². The quantitative estimate of drug-likeness (QED) is 0.126. The number of aliphatic hydroxyl groups excluding tert-OH is 1. The minimum Gasteiger partial charge on any atom is -0.379 e. The van der Waals surface area contributed by atoms with Gasteiger partial charge in [-0.3, -0.25) is 24.7 Å². The van der Waals surface area contributed by atoms with Crippen molar-refractivity contribution in [2.75, 3.05) is 17.6 Å². The molecule has 0 aliphatic carbocycles. The number of fused-ring (bicyclic) bond motifs is 1. The summed E-state index contributed by atoms with van der Waals surface area (Å²) in [5.74, 6) is -1.62. The predicted molar refractivity (Wildman–Crippen MR) is 135 cm³/mol. The molecule has 3 heterocycles. The summed E-state index contributed by atoms with van der Waals surface area (Å²) in [6.45, 7) is 0.852. The van der Waals surface area contributed by atoms with Crippen LogP contribution in [0.5, 0.6) is 0 Å². The van der Waals surface area contributed by atoms with Gasteiger partial charge in [0.25, 0.3) is 17.4 Å². The number of aromatic nitrogens is 4. The lowest BCUT2D eigenvalue weighted by molar-refractivity contribution is -0.197. The van der Waals surface area contributed by atoms with Crippen molar-refractivity contribution in [1.82, 2.24) is 30.3 Å². The summed E-state index contributed by atoms with van der Waals surface area (Å²) in [6.07, 6.45) is 2.83. The molecule has 0 radical (unpaired) electrons. The predicted octanol–water partition coefficient (Wildman–Crippen LogP) is 0.655. The number of hydrogen-bond acceptors (Lipinski definition) is 12. The third-order valence-corrected chi connectivity index (χ3v) is 5.78. The maximum Gasteiger partial charge on any atom is 0.333 e. The number of aromatic amines is 1. The number of amides is 2. The summed E-state index contributed by atoms with van der Waals surface area (Å²) >= 11 is 0. The third kappa shape index (κ3) is 6.86. The Morgan fingerprint density at radius 1 is 1.11 bits per heavy atom. The molecule has 1 aromatic carbocycles. The van der Waals surface area contributed by atoms with Crippen molar-refractivity contribution in [1.29, 1.82) is 0 Å². The minimum atomic E-state index is -0.862. The van der Waals surface area contributed by atoms with E-state index in [1.165, 1.54) is 6.20 Å². The number of nitrogens with two attached hydrogens (primary N) is 1. The minimum absolute atomic E-state index is 0.0198. The van der Waals surface area contributed by atoms with E-state index in [0.717, 1.165) is 5.69 Å². The number of rotatable bonds is 12. The fourth-order valence-corrected chi connectivity index (χ4v) is 3.77. The Labute approximate surface area is 216 Å². The van der Waals surface area contributed by atoms with Crippen molar-refractivity contribution in [3.63, 3.8) is 0 Å². The molecule has 0 spiro atoms. The van der Waals surface area contributed by atoms with Crippen LogP contribution in [0.4, 0.5) is 11.6 Å². The molecule has 0 saturated carbocycles. The Hall–Kier alpha value is -4.43. The van der Waals surface area contributed by atoms with Gasteiger partial charge in [-0.05, 0) is 37.1 Å². The lowest BCUT2D eigenvalue weighted by Crippen LogP contribution is -2.31. The molecule has 3 aromatic rings. The molecule has 1 fully saturated rings. The first-order chi connectivity index (χ1) is 18.3. The second-order valence-corrected chi connectivity index (χ2v) is 8.67. The second kappa shape index (κ2) is 12.2. The molecule has 1 atom stereocenters. The van der Waals surface area contributed by atoms with Gasteiger partial charge in [-0.2, -0.15) is 4.98 Å². The molecular weight excluding hydrogens is 496 g/mol. The average Bonchev–Trinajstić information content (AvgIpc) is 3.21. The zero-order valence-electron chi connectivity index (χ0n) is 20.5. The highest BCUT2D eigenvalue weighted by Gasteiger charge is 2.32. The van der Waals surface area contributed by atoms with Crippen molar-refractivity contribution < 1.29 is 24.3 Å².